The third-order valence-electron chi connectivity index (χ3n) is 0.916. The van der Waals surface area contributed by atoms with E-state index in [1.54, 1.807) is 0 Å². The monoisotopic (exact) mass is 149 g/mol. The minimum atomic E-state index is 0. The maximum Gasteiger partial charge on any atom is 0.344 e. The first-order valence-electron chi connectivity index (χ1n) is 2.52. The van der Waals surface area contributed by atoms with Crippen molar-refractivity contribution in [2.75, 3.05) is 28.2 Å². The Labute approximate surface area is 63.6 Å². The van der Waals surface area contributed by atoms with E-state index in [-0.39, 0.29) is 13.5 Å². The molecule has 0 aromatic heterocycles. The van der Waals surface area contributed by atoms with Gasteiger partial charge in [-0.2, -0.15) is 0 Å². The van der Waals surface area contributed by atoms with Gasteiger partial charge in [-0.05, 0) is 0 Å². The molecule has 0 aliphatic carbocycles. The molecule has 0 aromatic rings. The second-order valence-electron chi connectivity index (χ2n) is 2.15. The lowest BCUT2D eigenvalue weighted by Gasteiger charge is -2.04. The van der Waals surface area contributed by atoms with Crippen molar-refractivity contribution in [2.24, 2.45) is 5.73 Å². The molecule has 3 nitrogen and oxygen atoms in total. The molecule has 0 saturated carbocycles. The molecule has 0 unspecified atom stereocenters. The Bertz CT molecular complexity index is 105. The highest BCUT2D eigenvalue weighted by atomic mass is 32.1. The van der Waals surface area contributed by atoms with Gasteiger partial charge in [0.05, 0.1) is 28.2 Å². The van der Waals surface area contributed by atoms with Crippen LogP contribution < -0.4 is 5.73 Å². The van der Waals surface area contributed by atoms with Crippen LogP contribution in [0.5, 0.6) is 0 Å². The lowest BCUT2D eigenvalue weighted by atomic mass is 10.8. The van der Waals surface area contributed by atoms with Crippen LogP contribution >= 0.6 is 0 Å². The van der Waals surface area contributed by atoms with E-state index >= 15 is 0 Å². The van der Waals surface area contributed by atoms with E-state index in [9.17, 15) is 0 Å². The lowest BCUT2D eigenvalue weighted by molar-refractivity contribution is -0.470. The number of guanidine groups is 1. The summed E-state index contributed by atoms with van der Waals surface area (Å²) < 4.78 is 1.86. The Morgan fingerprint density at radius 3 is 1.67 bits per heavy atom. The third-order valence-corrected chi connectivity index (χ3v) is 0.916. The molecule has 0 aliphatic heterocycles. The molecule has 0 amide bonds. The smallest absolute Gasteiger partial charge is 0.344 e. The van der Waals surface area contributed by atoms with Gasteiger partial charge in [0.1, 0.15) is 0 Å². The maximum absolute atomic E-state index is 5.53. The van der Waals surface area contributed by atoms with Crippen LogP contribution in [0.2, 0.25) is 0 Å². The molecule has 0 saturated heterocycles. The highest BCUT2D eigenvalue weighted by Crippen LogP contribution is 1.68. The summed E-state index contributed by atoms with van der Waals surface area (Å²) in [6, 6.07) is 0. The van der Waals surface area contributed by atoms with Gasteiger partial charge in [0.15, 0.2) is 0 Å². The van der Waals surface area contributed by atoms with E-state index in [2.05, 4.69) is 0 Å². The SMILES string of the molecule is CN(C)C(N)=[N+](C)C.[SH-]. The topological polar surface area (TPSA) is 32.3 Å². The quantitative estimate of drug-likeness (QED) is 0.155. The van der Waals surface area contributed by atoms with Crippen LogP contribution in [0.15, 0.2) is 0 Å². The van der Waals surface area contributed by atoms with E-state index in [0.29, 0.717) is 0 Å². The fraction of sp³-hybridized carbons (Fsp3) is 0.800. The normalized spacial score (nSPS) is 7.56. The Hall–Kier alpha value is -0.380. The predicted octanol–water partition coefficient (Wildman–Crippen LogP) is -1.14. The molecule has 0 rings (SSSR count). The van der Waals surface area contributed by atoms with Gasteiger partial charge < -0.3 is 13.5 Å². The first kappa shape index (κ1) is 11.4. The number of nitrogens with zero attached hydrogens (tertiary/aromatic N) is 2. The molecule has 0 bridgehead atoms. The van der Waals surface area contributed by atoms with Crippen molar-refractivity contribution in [3.63, 3.8) is 0 Å². The summed E-state index contributed by atoms with van der Waals surface area (Å²) in [6.45, 7) is 0. The van der Waals surface area contributed by atoms with Crippen molar-refractivity contribution < 1.29 is 4.58 Å². The van der Waals surface area contributed by atoms with Gasteiger partial charge in [-0.1, -0.05) is 0 Å². The molecule has 4 heteroatoms. The Morgan fingerprint density at radius 2 is 1.67 bits per heavy atom. The largest absolute Gasteiger partial charge is 0.813 e. The average molecular weight is 149 g/mol. The lowest BCUT2D eigenvalue weighted by Crippen LogP contribution is -2.36. The van der Waals surface area contributed by atoms with Gasteiger partial charge >= 0.3 is 5.96 Å². The van der Waals surface area contributed by atoms with Gasteiger partial charge in [0, 0.05) is 0 Å². The summed E-state index contributed by atoms with van der Waals surface area (Å²) in [5, 5.41) is 0. The molecule has 9 heavy (non-hydrogen) atoms. The zero-order valence-corrected chi connectivity index (χ0v) is 7.31. The van der Waals surface area contributed by atoms with Crippen LogP contribution in [0.4, 0.5) is 0 Å². The van der Waals surface area contributed by atoms with Gasteiger partial charge in [-0.25, -0.2) is 0 Å². The van der Waals surface area contributed by atoms with Gasteiger partial charge in [0.25, 0.3) is 0 Å². The molecule has 0 heterocycles. The number of nitrogens with two attached hydrogens (primary N) is 1. The van der Waals surface area contributed by atoms with E-state index < -0.39 is 0 Å². The van der Waals surface area contributed by atoms with Crippen LogP contribution in [-0.4, -0.2) is 43.6 Å². The highest BCUT2D eigenvalue weighted by molar-refractivity contribution is 7.37. The van der Waals surface area contributed by atoms with Crippen LogP contribution in [0, 0.1) is 0 Å². The number of rotatable bonds is 0. The van der Waals surface area contributed by atoms with Crippen LogP contribution in [-0.2, 0) is 13.5 Å². The predicted molar refractivity (Wildman–Crippen MR) is 43.7 cm³/mol. The minimum Gasteiger partial charge on any atom is -0.813 e. The van der Waals surface area contributed by atoms with Crippen molar-refractivity contribution in [1.82, 2.24) is 4.90 Å². The summed E-state index contributed by atoms with van der Waals surface area (Å²) in [5.41, 5.74) is 5.53. The van der Waals surface area contributed by atoms with E-state index in [4.69, 9.17) is 5.73 Å². The first-order valence-corrected chi connectivity index (χ1v) is 2.52. The molecule has 0 radical (unpaired) electrons. The number of hydrogen-bond donors (Lipinski definition) is 1. The molecule has 0 aliphatic rings. The molecule has 0 aromatic carbocycles. The second kappa shape index (κ2) is 4.49. The van der Waals surface area contributed by atoms with Crippen LogP contribution in [0.25, 0.3) is 0 Å². The van der Waals surface area contributed by atoms with Gasteiger partial charge in [0.2, 0.25) is 0 Å². The molecular weight excluding hydrogens is 134 g/mol. The second-order valence-corrected chi connectivity index (χ2v) is 2.15. The third kappa shape index (κ3) is 4.14. The van der Waals surface area contributed by atoms with Gasteiger partial charge in [-0.3, -0.25) is 15.2 Å². The fourth-order valence-electron chi connectivity index (χ4n) is 0.400. The van der Waals surface area contributed by atoms with Gasteiger partial charge in [-0.15, -0.1) is 0 Å². The van der Waals surface area contributed by atoms with E-state index in [0.717, 1.165) is 5.96 Å². The number of hydrogen-bond acceptors (Lipinski definition) is 1. The molecule has 0 atom stereocenters. The Balaban J connectivity index is 0. The van der Waals surface area contributed by atoms with Crippen molar-refractivity contribution in [3.05, 3.63) is 0 Å². The van der Waals surface area contributed by atoms with E-state index in [1.807, 2.05) is 37.7 Å². The maximum atomic E-state index is 5.53. The van der Waals surface area contributed by atoms with Crippen LogP contribution in [0.1, 0.15) is 0 Å². The first-order chi connectivity index (χ1) is 3.55. The molecule has 0 spiro atoms. The molecule has 0 fully saturated rings. The summed E-state index contributed by atoms with van der Waals surface area (Å²) in [4.78, 5) is 1.86. The van der Waals surface area contributed by atoms with Crippen molar-refractivity contribution in [2.45, 2.75) is 0 Å². The van der Waals surface area contributed by atoms with Crippen molar-refractivity contribution in [3.8, 4) is 0 Å². The molecule has 56 valence electrons. The fourth-order valence-corrected chi connectivity index (χ4v) is 0.400. The Kier molecular flexibility index (Phi) is 5.70. The summed E-state index contributed by atoms with van der Waals surface area (Å²) >= 11 is 0. The minimum absolute atomic E-state index is 0. The van der Waals surface area contributed by atoms with Crippen LogP contribution in [0.3, 0.4) is 0 Å². The molecular formula is C5H15N3S. The summed E-state index contributed by atoms with van der Waals surface area (Å²) in [5.74, 6) is 0.769. The average Bonchev–Trinajstić information content (AvgIpc) is 1.64. The zero-order valence-electron chi connectivity index (χ0n) is 6.42. The number of thiol groups is 1. The highest BCUT2D eigenvalue weighted by Gasteiger charge is 2.00. The van der Waals surface area contributed by atoms with E-state index in [1.165, 1.54) is 0 Å². The van der Waals surface area contributed by atoms with Crippen molar-refractivity contribution >= 4 is 19.5 Å². The standard InChI is InChI=1S/C5H13N3.H2S/c1-7(2)5(6)8(3)4;/h6H,1-4H3;1H2. The Morgan fingerprint density at radius 1 is 1.33 bits per heavy atom. The zero-order chi connectivity index (χ0) is 6.73. The van der Waals surface area contributed by atoms with Crippen molar-refractivity contribution in [1.29, 1.82) is 0 Å². The summed E-state index contributed by atoms with van der Waals surface area (Å²) in [6.07, 6.45) is 0. The molecule has 2 N–H and O–H groups in total. The summed E-state index contributed by atoms with van der Waals surface area (Å²) in [7, 11) is 7.65.